The fourth-order valence-electron chi connectivity index (χ4n) is 0.676. The van der Waals surface area contributed by atoms with Crippen LogP contribution in [0.25, 0.3) is 0 Å². The van der Waals surface area contributed by atoms with Gasteiger partial charge in [0.15, 0.2) is 5.12 Å². The van der Waals surface area contributed by atoms with Gasteiger partial charge in [-0.15, -0.1) is 0 Å². The zero-order valence-corrected chi connectivity index (χ0v) is 7.79. The van der Waals surface area contributed by atoms with E-state index in [0.29, 0.717) is 5.92 Å². The van der Waals surface area contributed by atoms with Crippen LogP contribution >= 0.6 is 11.8 Å². The predicted molar refractivity (Wildman–Crippen MR) is 46.9 cm³/mol. The van der Waals surface area contributed by atoms with Gasteiger partial charge < -0.3 is 0 Å². The summed E-state index contributed by atoms with van der Waals surface area (Å²) in [5.74, 6) is 0.471. The monoisotopic (exact) mass is 158 g/mol. The van der Waals surface area contributed by atoms with Gasteiger partial charge in [-0.1, -0.05) is 31.7 Å². The zero-order chi connectivity index (χ0) is 8.15. The molecule has 1 nitrogen and oxygen atoms in total. The summed E-state index contributed by atoms with van der Waals surface area (Å²) in [5.41, 5.74) is 0. The third-order valence-electron chi connectivity index (χ3n) is 1.12. The number of carbonyl (C=O) groups is 1. The molecule has 0 aromatic rings. The van der Waals surface area contributed by atoms with E-state index in [-0.39, 0.29) is 5.12 Å². The number of allylic oxidation sites excluding steroid dienone is 2. The van der Waals surface area contributed by atoms with Crippen molar-refractivity contribution in [3.05, 3.63) is 11.0 Å². The zero-order valence-electron chi connectivity index (χ0n) is 6.97. The van der Waals surface area contributed by atoms with Crippen LogP contribution in [0.2, 0.25) is 0 Å². The Balaban J connectivity index is 3.99. The van der Waals surface area contributed by atoms with Crippen molar-refractivity contribution >= 4 is 16.9 Å². The minimum atomic E-state index is 0.168. The maximum atomic E-state index is 10.6. The van der Waals surface area contributed by atoms with E-state index in [2.05, 4.69) is 13.8 Å². The molecule has 0 radical (unpaired) electrons. The largest absolute Gasteiger partial charge is 0.287 e. The average Bonchev–Trinajstić information content (AvgIpc) is 1.81. The van der Waals surface area contributed by atoms with Gasteiger partial charge in [0.25, 0.3) is 0 Å². The van der Waals surface area contributed by atoms with Crippen molar-refractivity contribution in [1.29, 1.82) is 0 Å². The van der Waals surface area contributed by atoms with E-state index in [0.717, 1.165) is 4.91 Å². The number of hydrogen-bond acceptors (Lipinski definition) is 2. The van der Waals surface area contributed by atoms with Crippen LogP contribution in [0.5, 0.6) is 0 Å². The van der Waals surface area contributed by atoms with Gasteiger partial charge in [0.2, 0.25) is 0 Å². The Morgan fingerprint density at radius 3 is 2.10 bits per heavy atom. The van der Waals surface area contributed by atoms with E-state index in [1.165, 1.54) is 11.8 Å². The first kappa shape index (κ1) is 9.76. The second-order valence-corrected chi connectivity index (χ2v) is 3.69. The molecule has 0 aliphatic carbocycles. The standard InChI is InChI=1S/C8H14OS/c1-5-8(6(2)3)10-7(4)9/h5-6H,1-4H3/b8-5-. The van der Waals surface area contributed by atoms with Crippen LogP contribution in [0.4, 0.5) is 0 Å². The molecule has 0 saturated carbocycles. The van der Waals surface area contributed by atoms with Crippen molar-refractivity contribution in [1.82, 2.24) is 0 Å². The van der Waals surface area contributed by atoms with Crippen LogP contribution in [-0.4, -0.2) is 5.12 Å². The molecule has 10 heavy (non-hydrogen) atoms. The lowest BCUT2D eigenvalue weighted by Gasteiger charge is -2.06. The van der Waals surface area contributed by atoms with Crippen molar-refractivity contribution in [2.45, 2.75) is 27.7 Å². The lowest BCUT2D eigenvalue weighted by atomic mass is 10.2. The maximum absolute atomic E-state index is 10.6. The lowest BCUT2D eigenvalue weighted by Crippen LogP contribution is -1.92. The normalized spacial score (nSPS) is 12.3. The van der Waals surface area contributed by atoms with Crippen LogP contribution in [0.15, 0.2) is 11.0 Å². The van der Waals surface area contributed by atoms with E-state index >= 15 is 0 Å². The van der Waals surface area contributed by atoms with Gasteiger partial charge in [-0.25, -0.2) is 0 Å². The molecule has 0 rings (SSSR count). The Bertz CT molecular complexity index is 147. The van der Waals surface area contributed by atoms with Crippen molar-refractivity contribution in [2.24, 2.45) is 5.92 Å². The van der Waals surface area contributed by atoms with Crippen molar-refractivity contribution in [3.8, 4) is 0 Å². The molecular formula is C8H14OS. The topological polar surface area (TPSA) is 17.1 Å². The van der Waals surface area contributed by atoms with Crippen LogP contribution in [0.1, 0.15) is 27.7 Å². The van der Waals surface area contributed by atoms with Gasteiger partial charge >= 0.3 is 0 Å². The number of thioether (sulfide) groups is 1. The highest BCUT2D eigenvalue weighted by atomic mass is 32.2. The van der Waals surface area contributed by atoms with Crippen LogP contribution < -0.4 is 0 Å². The maximum Gasteiger partial charge on any atom is 0.190 e. The predicted octanol–water partition coefficient (Wildman–Crippen LogP) is 2.83. The van der Waals surface area contributed by atoms with E-state index in [9.17, 15) is 4.79 Å². The highest BCUT2D eigenvalue weighted by Crippen LogP contribution is 2.23. The molecule has 0 spiro atoms. The minimum Gasteiger partial charge on any atom is -0.287 e. The molecule has 0 saturated heterocycles. The molecule has 0 unspecified atom stereocenters. The van der Waals surface area contributed by atoms with Gasteiger partial charge in [-0.05, 0) is 17.7 Å². The molecule has 0 aliphatic heterocycles. The molecule has 0 fully saturated rings. The minimum absolute atomic E-state index is 0.168. The first-order valence-electron chi connectivity index (χ1n) is 3.42. The van der Waals surface area contributed by atoms with Gasteiger partial charge in [0.05, 0.1) is 0 Å². The second-order valence-electron chi connectivity index (χ2n) is 2.44. The van der Waals surface area contributed by atoms with Gasteiger partial charge in [-0.3, -0.25) is 4.79 Å². The first-order chi connectivity index (χ1) is 4.57. The number of carbonyl (C=O) groups excluding carboxylic acids is 1. The molecule has 0 aliphatic rings. The summed E-state index contributed by atoms with van der Waals surface area (Å²) in [7, 11) is 0. The Kier molecular flexibility index (Phi) is 4.45. The van der Waals surface area contributed by atoms with Gasteiger partial charge in [0.1, 0.15) is 0 Å². The first-order valence-corrected chi connectivity index (χ1v) is 4.24. The van der Waals surface area contributed by atoms with E-state index in [4.69, 9.17) is 0 Å². The summed E-state index contributed by atoms with van der Waals surface area (Å²) in [5, 5.41) is 0.168. The summed E-state index contributed by atoms with van der Waals surface area (Å²) >= 11 is 1.33. The van der Waals surface area contributed by atoms with Crippen molar-refractivity contribution in [3.63, 3.8) is 0 Å². The fraction of sp³-hybridized carbons (Fsp3) is 0.625. The molecule has 2 heteroatoms. The van der Waals surface area contributed by atoms with Crippen LogP contribution in [0.3, 0.4) is 0 Å². The summed E-state index contributed by atoms with van der Waals surface area (Å²) in [6, 6.07) is 0. The SMILES string of the molecule is C/C=C(\SC(C)=O)C(C)C. The quantitative estimate of drug-likeness (QED) is 0.614. The lowest BCUT2D eigenvalue weighted by molar-refractivity contribution is -0.109. The summed E-state index contributed by atoms with van der Waals surface area (Å²) < 4.78 is 0. The number of rotatable bonds is 2. The molecule has 0 amide bonds. The molecule has 58 valence electrons. The summed E-state index contributed by atoms with van der Waals surface area (Å²) in [4.78, 5) is 11.8. The third kappa shape index (κ3) is 3.72. The Labute approximate surface area is 66.9 Å². The van der Waals surface area contributed by atoms with Gasteiger partial charge in [0, 0.05) is 6.92 Å². The van der Waals surface area contributed by atoms with Crippen LogP contribution in [0, 0.1) is 5.92 Å². The molecule has 0 N–H and O–H groups in total. The smallest absolute Gasteiger partial charge is 0.190 e. The van der Waals surface area contributed by atoms with E-state index < -0.39 is 0 Å². The Hall–Kier alpha value is -0.240. The van der Waals surface area contributed by atoms with Crippen LogP contribution in [-0.2, 0) is 4.79 Å². The molecule has 0 heterocycles. The van der Waals surface area contributed by atoms with Crippen molar-refractivity contribution < 1.29 is 4.79 Å². The van der Waals surface area contributed by atoms with E-state index in [1.807, 2.05) is 13.0 Å². The molecule has 0 atom stereocenters. The van der Waals surface area contributed by atoms with Gasteiger partial charge in [-0.2, -0.15) is 0 Å². The Morgan fingerprint density at radius 2 is 2.00 bits per heavy atom. The van der Waals surface area contributed by atoms with E-state index in [1.54, 1.807) is 6.92 Å². The summed E-state index contributed by atoms with van der Waals surface area (Å²) in [6.07, 6.45) is 2.00. The molecule has 0 aromatic carbocycles. The molecular weight excluding hydrogens is 144 g/mol. The second kappa shape index (κ2) is 4.56. The fourth-order valence-corrected chi connectivity index (χ4v) is 1.36. The Morgan fingerprint density at radius 1 is 1.50 bits per heavy atom. The number of hydrogen-bond donors (Lipinski definition) is 0. The average molecular weight is 158 g/mol. The summed E-state index contributed by atoms with van der Waals surface area (Å²) in [6.45, 7) is 7.73. The highest BCUT2D eigenvalue weighted by Gasteiger charge is 2.04. The molecule has 0 bridgehead atoms. The molecule has 0 aromatic heterocycles. The third-order valence-corrected chi connectivity index (χ3v) is 2.35. The highest BCUT2D eigenvalue weighted by molar-refractivity contribution is 8.16. The van der Waals surface area contributed by atoms with Crippen molar-refractivity contribution in [2.75, 3.05) is 0 Å².